The molecule has 0 fully saturated rings. The molecule has 0 saturated heterocycles. The van der Waals surface area contributed by atoms with Gasteiger partial charge in [0.2, 0.25) is 0 Å². The molecule has 0 aliphatic heterocycles. The van der Waals surface area contributed by atoms with Crippen LogP contribution in [0.2, 0.25) is 0 Å². The zero-order valence-electron chi connectivity index (χ0n) is 10.5. The first kappa shape index (κ1) is 11.6. The highest BCUT2D eigenvalue weighted by molar-refractivity contribution is 5.20. The summed E-state index contributed by atoms with van der Waals surface area (Å²) in [4.78, 5) is 4.28. The van der Waals surface area contributed by atoms with Crippen molar-refractivity contribution in [3.63, 3.8) is 0 Å². The Kier molecular flexibility index (Phi) is 3.32. The Bertz CT molecular complexity index is 576. The Hall–Kier alpha value is -2.49. The second-order valence-electron chi connectivity index (χ2n) is 4.39. The van der Waals surface area contributed by atoms with Gasteiger partial charge < -0.3 is 0 Å². The molecule has 4 heteroatoms. The van der Waals surface area contributed by atoms with E-state index in [9.17, 15) is 0 Å². The highest BCUT2D eigenvalue weighted by Crippen LogP contribution is 2.06. The molecule has 0 aliphatic carbocycles. The van der Waals surface area contributed by atoms with E-state index in [1.165, 1.54) is 5.56 Å². The molecular weight excluding hydrogens is 236 g/mol. The fourth-order valence-corrected chi connectivity index (χ4v) is 1.96. The molecule has 1 aromatic carbocycles. The largest absolute Gasteiger partial charge is 0.259 e. The quantitative estimate of drug-likeness (QED) is 0.713. The van der Waals surface area contributed by atoms with E-state index in [1.807, 2.05) is 47.3 Å². The molecule has 0 bridgehead atoms. The van der Waals surface area contributed by atoms with E-state index in [4.69, 9.17) is 0 Å². The van der Waals surface area contributed by atoms with Crippen molar-refractivity contribution in [1.82, 2.24) is 20.0 Å². The Labute approximate surface area is 111 Å². The number of benzene rings is 1. The Balaban J connectivity index is 1.70. The number of hydrogen-bond acceptors (Lipinski definition) is 3. The monoisotopic (exact) mass is 250 g/mol. The zero-order chi connectivity index (χ0) is 12.9. The smallest absolute Gasteiger partial charge is 0.0871 e. The molecule has 4 nitrogen and oxygen atoms in total. The normalized spacial score (nSPS) is 10.5. The van der Waals surface area contributed by atoms with Crippen molar-refractivity contribution in [3.05, 3.63) is 77.9 Å². The fourth-order valence-electron chi connectivity index (χ4n) is 1.96. The van der Waals surface area contributed by atoms with Crippen LogP contribution in [-0.4, -0.2) is 20.0 Å². The maximum atomic E-state index is 4.28. The van der Waals surface area contributed by atoms with Crippen molar-refractivity contribution in [3.8, 4) is 0 Å². The standard InChI is InChI=1S/C15H14N4/c1-2-6-13(7-3-1)10-15-12-19(18-17-15)11-14-8-4-5-9-16-14/h1-9,12H,10-11H2. The second-order valence-corrected chi connectivity index (χ2v) is 4.39. The van der Waals surface area contributed by atoms with Gasteiger partial charge in [-0.15, -0.1) is 5.10 Å². The third-order valence-electron chi connectivity index (χ3n) is 2.86. The van der Waals surface area contributed by atoms with Crippen LogP contribution in [0.25, 0.3) is 0 Å². The Morgan fingerprint density at radius 1 is 0.895 bits per heavy atom. The minimum atomic E-state index is 0.655. The third kappa shape index (κ3) is 3.04. The van der Waals surface area contributed by atoms with Crippen molar-refractivity contribution in [2.75, 3.05) is 0 Å². The van der Waals surface area contributed by atoms with Gasteiger partial charge in [0.1, 0.15) is 0 Å². The molecule has 3 rings (SSSR count). The van der Waals surface area contributed by atoms with Gasteiger partial charge in [-0.05, 0) is 17.7 Å². The van der Waals surface area contributed by atoms with Crippen LogP contribution in [0.15, 0.2) is 60.9 Å². The molecule has 0 spiro atoms. The Morgan fingerprint density at radius 2 is 1.74 bits per heavy atom. The summed E-state index contributed by atoms with van der Waals surface area (Å²) in [5.74, 6) is 0. The lowest BCUT2D eigenvalue weighted by Gasteiger charge is -1.98. The van der Waals surface area contributed by atoms with Crippen LogP contribution in [0.3, 0.4) is 0 Å². The van der Waals surface area contributed by atoms with E-state index in [2.05, 4.69) is 27.4 Å². The molecule has 0 N–H and O–H groups in total. The van der Waals surface area contributed by atoms with Crippen LogP contribution >= 0.6 is 0 Å². The van der Waals surface area contributed by atoms with Crippen LogP contribution in [-0.2, 0) is 13.0 Å². The van der Waals surface area contributed by atoms with Gasteiger partial charge in [0, 0.05) is 18.8 Å². The molecule has 0 saturated carbocycles. The average molecular weight is 250 g/mol. The van der Waals surface area contributed by atoms with Gasteiger partial charge >= 0.3 is 0 Å². The van der Waals surface area contributed by atoms with Gasteiger partial charge in [-0.25, -0.2) is 4.68 Å². The predicted molar refractivity (Wildman–Crippen MR) is 72.6 cm³/mol. The van der Waals surface area contributed by atoms with E-state index in [0.717, 1.165) is 17.8 Å². The molecule has 3 aromatic rings. The number of nitrogens with zero attached hydrogens (tertiary/aromatic N) is 4. The van der Waals surface area contributed by atoms with Crippen LogP contribution < -0.4 is 0 Å². The molecule has 0 unspecified atom stereocenters. The van der Waals surface area contributed by atoms with Gasteiger partial charge in [0.15, 0.2) is 0 Å². The molecule has 0 aliphatic rings. The summed E-state index contributed by atoms with van der Waals surface area (Å²) in [6.07, 6.45) is 4.57. The lowest BCUT2D eigenvalue weighted by atomic mass is 10.1. The summed E-state index contributed by atoms with van der Waals surface area (Å²) in [6.45, 7) is 0.655. The van der Waals surface area contributed by atoms with E-state index < -0.39 is 0 Å². The van der Waals surface area contributed by atoms with Gasteiger partial charge in [0.05, 0.1) is 17.9 Å². The third-order valence-corrected chi connectivity index (χ3v) is 2.86. The van der Waals surface area contributed by atoms with Crippen LogP contribution in [0.5, 0.6) is 0 Å². The first-order chi connectivity index (χ1) is 9.40. The molecule has 0 atom stereocenters. The SMILES string of the molecule is c1ccc(Cc2cn(Cc3ccccn3)nn2)cc1. The van der Waals surface area contributed by atoms with Gasteiger partial charge in [0.25, 0.3) is 0 Å². The lowest BCUT2D eigenvalue weighted by Crippen LogP contribution is -2.01. The predicted octanol–water partition coefficient (Wildman–Crippen LogP) is 2.31. The van der Waals surface area contributed by atoms with Crippen LogP contribution in [0, 0.1) is 0 Å². The minimum absolute atomic E-state index is 0.655. The highest BCUT2D eigenvalue weighted by Gasteiger charge is 2.03. The van der Waals surface area contributed by atoms with Gasteiger partial charge in [-0.3, -0.25) is 4.98 Å². The van der Waals surface area contributed by atoms with E-state index in [0.29, 0.717) is 6.54 Å². The average Bonchev–Trinajstić information content (AvgIpc) is 2.88. The Morgan fingerprint density at radius 3 is 2.53 bits per heavy atom. The van der Waals surface area contributed by atoms with Crippen LogP contribution in [0.4, 0.5) is 0 Å². The summed E-state index contributed by atoms with van der Waals surface area (Å²) < 4.78 is 1.82. The summed E-state index contributed by atoms with van der Waals surface area (Å²) in [6, 6.07) is 16.1. The van der Waals surface area contributed by atoms with Gasteiger partial charge in [-0.2, -0.15) is 0 Å². The van der Waals surface area contributed by atoms with Crippen molar-refractivity contribution in [1.29, 1.82) is 0 Å². The van der Waals surface area contributed by atoms with E-state index in [-0.39, 0.29) is 0 Å². The maximum absolute atomic E-state index is 4.28. The lowest BCUT2D eigenvalue weighted by molar-refractivity contribution is 0.638. The fraction of sp³-hybridized carbons (Fsp3) is 0.133. The van der Waals surface area contributed by atoms with Crippen molar-refractivity contribution < 1.29 is 0 Å². The molecule has 2 aromatic heterocycles. The molecule has 19 heavy (non-hydrogen) atoms. The number of hydrogen-bond donors (Lipinski definition) is 0. The van der Waals surface area contributed by atoms with Gasteiger partial charge in [-0.1, -0.05) is 41.6 Å². The first-order valence-corrected chi connectivity index (χ1v) is 6.23. The number of aromatic nitrogens is 4. The number of rotatable bonds is 4. The molecule has 0 amide bonds. The molecule has 0 radical (unpaired) electrons. The summed E-state index contributed by atoms with van der Waals surface area (Å²) in [5, 5.41) is 8.33. The topological polar surface area (TPSA) is 43.6 Å². The van der Waals surface area contributed by atoms with Crippen molar-refractivity contribution >= 4 is 0 Å². The number of pyridine rings is 1. The maximum Gasteiger partial charge on any atom is 0.0871 e. The van der Waals surface area contributed by atoms with Crippen LogP contribution in [0.1, 0.15) is 17.0 Å². The molecular formula is C15H14N4. The minimum Gasteiger partial charge on any atom is -0.259 e. The summed E-state index contributed by atoms with van der Waals surface area (Å²) >= 11 is 0. The van der Waals surface area contributed by atoms with E-state index in [1.54, 1.807) is 6.20 Å². The van der Waals surface area contributed by atoms with Crippen molar-refractivity contribution in [2.45, 2.75) is 13.0 Å². The molecule has 94 valence electrons. The second kappa shape index (κ2) is 5.44. The van der Waals surface area contributed by atoms with E-state index >= 15 is 0 Å². The first-order valence-electron chi connectivity index (χ1n) is 6.23. The zero-order valence-corrected chi connectivity index (χ0v) is 10.5. The highest BCUT2D eigenvalue weighted by atomic mass is 15.4. The summed E-state index contributed by atoms with van der Waals surface area (Å²) in [7, 11) is 0. The summed E-state index contributed by atoms with van der Waals surface area (Å²) in [5.41, 5.74) is 3.20. The molecule has 2 heterocycles. The van der Waals surface area contributed by atoms with Crippen molar-refractivity contribution in [2.24, 2.45) is 0 Å².